The van der Waals surface area contributed by atoms with Crippen molar-refractivity contribution in [1.29, 1.82) is 0 Å². The van der Waals surface area contributed by atoms with Crippen LogP contribution >= 0.6 is 0 Å². The SMILES string of the molecule is Cc1c(-c2c3ccc([Si](C)(C)c4ccccn4)cc3cc[n+]2C)cc(C(C)(C)C)cc1C(C)(C)C.Cc1cc(C(C)(C)C)cc(-c2c3ccc([Si](C)(C)c4ccccn4)cc3cc[n+]2C)c1C.Cc1ccc(C(C)(C)C)cc1-c1c2ccc([Si](C)(C)c3ccccn3)cc2cc[n+]1C. The summed E-state index contributed by atoms with van der Waals surface area (Å²) in [5.41, 5.74) is 19.2. The van der Waals surface area contributed by atoms with Gasteiger partial charge in [0.1, 0.15) is 45.4 Å². The minimum atomic E-state index is -1.88. The topological polar surface area (TPSA) is 50.3 Å². The van der Waals surface area contributed by atoms with E-state index in [0.29, 0.717) is 0 Å². The van der Waals surface area contributed by atoms with E-state index < -0.39 is 24.2 Å². The average Bonchev–Trinajstić information content (AvgIpc) is 0.762. The van der Waals surface area contributed by atoms with Crippen LogP contribution in [0.2, 0.25) is 39.3 Å². The highest BCUT2D eigenvalue weighted by Gasteiger charge is 2.34. The van der Waals surface area contributed by atoms with E-state index in [1.165, 1.54) is 142 Å². The third kappa shape index (κ3) is 14.8. The van der Waals surface area contributed by atoms with Gasteiger partial charge in [-0.2, -0.15) is 0 Å². The third-order valence-electron chi connectivity index (χ3n) is 21.0. The highest BCUT2D eigenvalue weighted by molar-refractivity contribution is 7.01. The Hall–Kier alpha value is -8.35. The fraction of sp³-hybridized carbons (Fsp3) is 0.326. The maximum atomic E-state index is 4.72. The minimum Gasteiger partial charge on any atom is -0.266 e. The summed E-state index contributed by atoms with van der Waals surface area (Å²) in [6.45, 7) is 51.0. The first kappa shape index (κ1) is 72.4. The number of fused-ring (bicyclic) bond motifs is 3. The zero-order valence-corrected chi connectivity index (χ0v) is 66.8. The van der Waals surface area contributed by atoms with Crippen molar-refractivity contribution < 1.29 is 13.7 Å². The molecular formula is C89H109N6Si3+3. The van der Waals surface area contributed by atoms with Gasteiger partial charge in [-0.05, 0) is 183 Å². The normalized spacial score (nSPS) is 12.5. The Kier molecular flexibility index (Phi) is 20.2. The van der Waals surface area contributed by atoms with Crippen LogP contribution in [-0.4, -0.2) is 39.2 Å². The quantitative estimate of drug-likeness (QED) is 0.107. The van der Waals surface area contributed by atoms with E-state index in [1.54, 1.807) is 0 Å². The van der Waals surface area contributed by atoms with Crippen LogP contribution in [-0.2, 0) is 42.8 Å². The first-order valence-corrected chi connectivity index (χ1v) is 44.2. The van der Waals surface area contributed by atoms with Crippen molar-refractivity contribution in [2.24, 2.45) is 21.1 Å². The fourth-order valence-electron chi connectivity index (χ4n) is 14.0. The molecule has 0 spiro atoms. The van der Waals surface area contributed by atoms with Gasteiger partial charge in [0, 0.05) is 58.3 Å². The number of hydrogen-bond donors (Lipinski definition) is 0. The Labute approximate surface area is 591 Å². The molecule has 6 aromatic heterocycles. The molecule has 6 nitrogen and oxygen atoms in total. The van der Waals surface area contributed by atoms with Crippen molar-refractivity contribution in [2.75, 3.05) is 0 Å². The highest BCUT2D eigenvalue weighted by atomic mass is 28.3. The van der Waals surface area contributed by atoms with Crippen molar-refractivity contribution in [1.82, 2.24) is 15.0 Å². The van der Waals surface area contributed by atoms with Crippen LogP contribution in [0.5, 0.6) is 0 Å². The summed E-state index contributed by atoms with van der Waals surface area (Å²) in [7, 11) is 0.908. The summed E-state index contributed by atoms with van der Waals surface area (Å²) < 4.78 is 6.83. The highest BCUT2D eigenvalue weighted by Crippen LogP contribution is 2.40. The summed E-state index contributed by atoms with van der Waals surface area (Å²) in [6.07, 6.45) is 12.4. The zero-order valence-electron chi connectivity index (χ0n) is 63.8. The Balaban J connectivity index is 0.000000160. The standard InChI is InChI=1S/C32H41N2Si.C29H35N2Si.C28H33N2Si/c1-22-27(20-24(31(2,3)4)21-28(22)32(5,6)7)30-26-15-14-25(19-23(26)16-18-34(30)8)35(9,10)29-13-11-12-17-33-29;1-20-17-23(29(3,4)5)19-26(21(20)2)28-25-13-12-24(18-22(25)14-16-31(28)6)32(7,8)27-11-9-10-15-30-27;1-20-11-12-22(28(2,3)4)19-25(20)27-24-14-13-23(18-21(24)15-17-30(27)5)31(6,7)26-10-8-9-16-29-26/h11-21H,1-10H3;9-19H,1-8H3;8-19H,1-7H3/q3*+1. The second-order valence-corrected chi connectivity index (χ2v) is 46.5. The van der Waals surface area contributed by atoms with Crippen molar-refractivity contribution in [3.05, 3.63) is 252 Å². The molecule has 9 heteroatoms. The van der Waals surface area contributed by atoms with E-state index in [0.717, 1.165) is 0 Å². The van der Waals surface area contributed by atoms with Gasteiger partial charge in [0.05, 0.1) is 27.3 Å². The number of pyridine rings is 6. The Morgan fingerprint density at radius 2 is 0.643 bits per heavy atom. The summed E-state index contributed by atoms with van der Waals surface area (Å²) in [5.74, 6) is 0. The van der Waals surface area contributed by atoms with Crippen LogP contribution < -0.4 is 45.2 Å². The van der Waals surface area contributed by atoms with Gasteiger partial charge in [0.15, 0.2) is 18.6 Å². The third-order valence-corrected chi connectivity index (χ3v) is 31.0. The first-order valence-electron chi connectivity index (χ1n) is 35.2. The summed E-state index contributed by atoms with van der Waals surface area (Å²) >= 11 is 0. The monoisotopic (exact) mass is 1350 g/mol. The van der Waals surface area contributed by atoms with Crippen LogP contribution in [0.4, 0.5) is 0 Å². The molecule has 0 fully saturated rings. The van der Waals surface area contributed by atoms with Gasteiger partial charge in [0.25, 0.3) is 0 Å². The maximum Gasteiger partial charge on any atom is 0.220 e. The smallest absolute Gasteiger partial charge is 0.220 e. The van der Waals surface area contributed by atoms with Crippen LogP contribution in [0, 0.1) is 27.7 Å². The van der Waals surface area contributed by atoms with Gasteiger partial charge >= 0.3 is 0 Å². The van der Waals surface area contributed by atoms with E-state index >= 15 is 0 Å². The molecule has 0 aliphatic carbocycles. The number of nitrogens with zero attached hydrogens (tertiary/aromatic N) is 6. The molecule has 0 saturated carbocycles. The van der Waals surface area contributed by atoms with Crippen LogP contribution in [0.25, 0.3) is 66.1 Å². The lowest BCUT2D eigenvalue weighted by molar-refractivity contribution is -0.659. The molecule has 0 aliphatic rings. The van der Waals surface area contributed by atoms with E-state index in [-0.39, 0.29) is 21.7 Å². The van der Waals surface area contributed by atoms with E-state index in [9.17, 15) is 0 Å². The number of aryl methyl sites for hydroxylation is 5. The molecule has 6 heterocycles. The Morgan fingerprint density at radius 1 is 0.306 bits per heavy atom. The lowest BCUT2D eigenvalue weighted by atomic mass is 9.76. The molecule has 12 aromatic rings. The summed E-state index contributed by atoms with van der Waals surface area (Å²) in [6, 6.07) is 63.3. The minimum absolute atomic E-state index is 0.0781. The lowest BCUT2D eigenvalue weighted by Crippen LogP contribution is -2.54. The molecule has 6 aromatic carbocycles. The number of aromatic nitrogens is 6. The molecule has 0 radical (unpaired) electrons. The van der Waals surface area contributed by atoms with E-state index in [4.69, 9.17) is 9.97 Å². The molecule has 98 heavy (non-hydrogen) atoms. The molecular weight excluding hydrogens is 1240 g/mol. The lowest BCUT2D eigenvalue weighted by Gasteiger charge is -2.28. The van der Waals surface area contributed by atoms with Crippen molar-refractivity contribution in [2.45, 2.75) is 172 Å². The molecule has 0 amide bonds. The molecule has 0 bridgehead atoms. The van der Waals surface area contributed by atoms with Crippen LogP contribution in [0.15, 0.2) is 207 Å². The summed E-state index contributed by atoms with van der Waals surface area (Å²) in [4.78, 5) is 14.1. The van der Waals surface area contributed by atoms with Crippen molar-refractivity contribution in [3.8, 4) is 33.8 Å². The molecule has 0 saturated heterocycles. The number of hydrogen-bond acceptors (Lipinski definition) is 3. The predicted octanol–water partition coefficient (Wildman–Crippen LogP) is 17.1. The van der Waals surface area contributed by atoms with Crippen LogP contribution in [0.3, 0.4) is 0 Å². The molecule has 0 unspecified atom stereocenters. The number of benzene rings is 6. The van der Waals surface area contributed by atoms with Crippen molar-refractivity contribution >= 4 is 88.1 Å². The van der Waals surface area contributed by atoms with Gasteiger partial charge in [-0.25, -0.2) is 13.7 Å². The summed E-state index contributed by atoms with van der Waals surface area (Å²) in [5, 5.41) is 15.7. The van der Waals surface area contributed by atoms with Gasteiger partial charge in [-0.1, -0.05) is 217 Å². The second-order valence-electron chi connectivity index (χ2n) is 33.4. The van der Waals surface area contributed by atoms with Crippen LogP contribution in [0.1, 0.15) is 128 Å². The Bertz CT molecular complexity index is 4930. The fourth-order valence-corrected chi connectivity index (χ4v) is 20.7. The first-order chi connectivity index (χ1) is 45.8. The van der Waals surface area contributed by atoms with Gasteiger partial charge in [-0.15, -0.1) is 0 Å². The van der Waals surface area contributed by atoms with E-state index in [1.807, 2.05) is 36.8 Å². The maximum absolute atomic E-state index is 4.72. The average molecular weight is 1350 g/mol. The zero-order chi connectivity index (χ0) is 71.4. The molecule has 0 atom stereocenters. The molecule has 0 N–H and O–H groups in total. The largest absolute Gasteiger partial charge is 0.266 e. The van der Waals surface area contributed by atoms with Gasteiger partial charge in [-0.3, -0.25) is 15.0 Å². The number of rotatable bonds is 9. The predicted molar refractivity (Wildman–Crippen MR) is 428 cm³/mol. The van der Waals surface area contributed by atoms with Gasteiger partial charge < -0.3 is 0 Å². The van der Waals surface area contributed by atoms with E-state index in [2.05, 4.69) is 360 Å². The molecule has 0 aliphatic heterocycles. The Morgan fingerprint density at radius 3 is 0.980 bits per heavy atom. The molecule has 504 valence electrons. The molecule has 12 rings (SSSR count). The van der Waals surface area contributed by atoms with Crippen molar-refractivity contribution in [3.63, 3.8) is 0 Å². The van der Waals surface area contributed by atoms with Gasteiger partial charge in [0.2, 0.25) is 17.1 Å². The second kappa shape index (κ2) is 27.4.